The average Bonchev–Trinajstić information content (AvgIpc) is 2.42. The number of piperazine rings is 1. The Hall–Kier alpha value is -0.610. The van der Waals surface area contributed by atoms with Gasteiger partial charge in [-0.05, 0) is 38.1 Å². The first-order chi connectivity index (χ1) is 9.11. The Morgan fingerprint density at radius 1 is 1.21 bits per heavy atom. The molecule has 3 unspecified atom stereocenters. The fourth-order valence-electron chi connectivity index (χ4n) is 3.35. The van der Waals surface area contributed by atoms with Crippen LogP contribution in [0.1, 0.15) is 39.5 Å². The molecule has 1 saturated carbocycles. The van der Waals surface area contributed by atoms with Crippen LogP contribution in [0.4, 0.5) is 0 Å². The molecular weight excluding hydrogens is 238 g/mol. The molecule has 2 aliphatic rings. The lowest BCUT2D eigenvalue weighted by molar-refractivity contribution is -0.138. The maximum atomic E-state index is 12.5. The monoisotopic (exact) mass is 267 g/mol. The molecule has 3 atom stereocenters. The molecule has 0 aromatic carbocycles. The van der Waals surface area contributed by atoms with Crippen LogP contribution in [0, 0.1) is 11.8 Å². The molecular formula is C15H29N3O. The van der Waals surface area contributed by atoms with Crippen LogP contribution in [0.5, 0.6) is 0 Å². The molecule has 1 heterocycles. The Morgan fingerprint density at radius 2 is 1.89 bits per heavy atom. The maximum Gasteiger partial charge on any atom is 0.225 e. The highest BCUT2D eigenvalue weighted by Gasteiger charge is 2.33. The highest BCUT2D eigenvalue weighted by atomic mass is 16.2. The molecule has 1 saturated heterocycles. The lowest BCUT2D eigenvalue weighted by Gasteiger charge is -2.38. The van der Waals surface area contributed by atoms with Gasteiger partial charge in [0.15, 0.2) is 0 Å². The van der Waals surface area contributed by atoms with Gasteiger partial charge >= 0.3 is 0 Å². The Kier molecular flexibility index (Phi) is 5.22. The first-order valence-electron chi connectivity index (χ1n) is 7.88. The molecule has 4 nitrogen and oxygen atoms in total. The van der Waals surface area contributed by atoms with Gasteiger partial charge in [-0.15, -0.1) is 0 Å². The van der Waals surface area contributed by atoms with Crippen LogP contribution in [0.15, 0.2) is 0 Å². The van der Waals surface area contributed by atoms with Gasteiger partial charge in [-0.1, -0.05) is 13.8 Å². The van der Waals surface area contributed by atoms with Crippen molar-refractivity contribution in [3.8, 4) is 0 Å². The molecule has 0 aromatic heterocycles. The lowest BCUT2D eigenvalue weighted by Crippen LogP contribution is -2.51. The maximum absolute atomic E-state index is 12.5. The summed E-state index contributed by atoms with van der Waals surface area (Å²) < 4.78 is 0. The summed E-state index contributed by atoms with van der Waals surface area (Å²) >= 11 is 0. The molecule has 0 spiro atoms. The van der Waals surface area contributed by atoms with Crippen molar-refractivity contribution in [2.75, 3.05) is 32.7 Å². The van der Waals surface area contributed by atoms with Gasteiger partial charge in [0, 0.05) is 38.1 Å². The average molecular weight is 267 g/mol. The van der Waals surface area contributed by atoms with Crippen LogP contribution in [-0.4, -0.2) is 54.5 Å². The lowest BCUT2D eigenvalue weighted by atomic mass is 9.79. The van der Waals surface area contributed by atoms with Crippen LogP contribution in [-0.2, 0) is 4.79 Å². The highest BCUT2D eigenvalue weighted by Crippen LogP contribution is 2.29. The number of amides is 1. The van der Waals surface area contributed by atoms with Gasteiger partial charge in [-0.25, -0.2) is 0 Å². The summed E-state index contributed by atoms with van der Waals surface area (Å²) in [7, 11) is 0. The quantitative estimate of drug-likeness (QED) is 0.838. The fraction of sp³-hybridized carbons (Fsp3) is 0.933. The van der Waals surface area contributed by atoms with E-state index in [-0.39, 0.29) is 12.0 Å². The Balaban J connectivity index is 1.81. The Labute approximate surface area is 117 Å². The molecule has 1 aliphatic carbocycles. The molecule has 2 N–H and O–H groups in total. The number of hydrogen-bond donors (Lipinski definition) is 1. The summed E-state index contributed by atoms with van der Waals surface area (Å²) in [5, 5.41) is 0. The van der Waals surface area contributed by atoms with Crippen molar-refractivity contribution < 1.29 is 4.79 Å². The van der Waals surface area contributed by atoms with Crippen molar-refractivity contribution in [1.29, 1.82) is 0 Å². The second kappa shape index (κ2) is 6.71. The van der Waals surface area contributed by atoms with Gasteiger partial charge in [0.25, 0.3) is 0 Å². The molecule has 110 valence electrons. The number of hydrogen-bond acceptors (Lipinski definition) is 3. The van der Waals surface area contributed by atoms with Crippen molar-refractivity contribution in [1.82, 2.24) is 9.80 Å². The van der Waals surface area contributed by atoms with E-state index in [1.54, 1.807) is 0 Å². The van der Waals surface area contributed by atoms with Crippen LogP contribution in [0.2, 0.25) is 0 Å². The summed E-state index contributed by atoms with van der Waals surface area (Å²) in [5.41, 5.74) is 6.12. The zero-order valence-electron chi connectivity index (χ0n) is 12.5. The normalized spacial score (nSPS) is 33.4. The minimum absolute atomic E-state index is 0.184. The van der Waals surface area contributed by atoms with E-state index in [1.165, 1.54) is 6.42 Å². The SMILES string of the molecule is CCCN1CCN(C(=O)C2CCC(C)C(N)C2)CC1. The molecule has 4 heteroatoms. The topological polar surface area (TPSA) is 49.6 Å². The number of nitrogens with zero attached hydrogens (tertiary/aromatic N) is 2. The van der Waals surface area contributed by atoms with Gasteiger partial charge in [0.05, 0.1) is 0 Å². The van der Waals surface area contributed by atoms with E-state index in [1.807, 2.05) is 0 Å². The van der Waals surface area contributed by atoms with Crippen molar-refractivity contribution in [3.05, 3.63) is 0 Å². The molecule has 0 radical (unpaired) electrons. The summed E-state index contributed by atoms with van der Waals surface area (Å²) in [6.07, 6.45) is 4.22. The summed E-state index contributed by atoms with van der Waals surface area (Å²) in [6.45, 7) is 9.45. The van der Waals surface area contributed by atoms with E-state index in [9.17, 15) is 4.79 Å². The number of nitrogens with two attached hydrogens (primary N) is 1. The first-order valence-corrected chi connectivity index (χ1v) is 7.88. The van der Waals surface area contributed by atoms with E-state index in [2.05, 4.69) is 23.6 Å². The van der Waals surface area contributed by atoms with Crippen LogP contribution in [0.3, 0.4) is 0 Å². The van der Waals surface area contributed by atoms with Crippen molar-refractivity contribution in [2.45, 2.75) is 45.6 Å². The predicted molar refractivity (Wildman–Crippen MR) is 77.8 cm³/mol. The Morgan fingerprint density at radius 3 is 2.47 bits per heavy atom. The molecule has 19 heavy (non-hydrogen) atoms. The van der Waals surface area contributed by atoms with Gasteiger partial charge in [0.1, 0.15) is 0 Å². The molecule has 1 amide bonds. The molecule has 2 fully saturated rings. The van der Waals surface area contributed by atoms with Gasteiger partial charge in [-0.2, -0.15) is 0 Å². The standard InChI is InChI=1S/C15H29N3O/c1-3-6-17-7-9-18(10-8-17)15(19)13-5-4-12(2)14(16)11-13/h12-14H,3-11,16H2,1-2H3. The summed E-state index contributed by atoms with van der Waals surface area (Å²) in [5.74, 6) is 1.12. The van der Waals surface area contributed by atoms with Gasteiger partial charge < -0.3 is 10.6 Å². The number of carbonyl (C=O) groups excluding carboxylic acids is 1. The third kappa shape index (κ3) is 3.69. The fourth-order valence-corrected chi connectivity index (χ4v) is 3.35. The first kappa shape index (κ1) is 14.8. The van der Waals surface area contributed by atoms with E-state index in [0.29, 0.717) is 11.8 Å². The molecule has 2 rings (SSSR count). The molecule has 0 aromatic rings. The van der Waals surface area contributed by atoms with Crippen molar-refractivity contribution in [3.63, 3.8) is 0 Å². The van der Waals surface area contributed by atoms with Crippen LogP contribution >= 0.6 is 0 Å². The number of carbonyl (C=O) groups is 1. The Bertz CT molecular complexity index is 300. The zero-order chi connectivity index (χ0) is 13.8. The van der Waals surface area contributed by atoms with E-state index in [4.69, 9.17) is 5.73 Å². The zero-order valence-corrected chi connectivity index (χ0v) is 12.5. The van der Waals surface area contributed by atoms with Crippen molar-refractivity contribution >= 4 is 5.91 Å². The van der Waals surface area contributed by atoms with Crippen molar-refractivity contribution in [2.24, 2.45) is 17.6 Å². The van der Waals surface area contributed by atoms with Crippen LogP contribution in [0.25, 0.3) is 0 Å². The summed E-state index contributed by atoms with van der Waals surface area (Å²) in [6, 6.07) is 0.212. The van der Waals surface area contributed by atoms with E-state index in [0.717, 1.165) is 52.0 Å². The smallest absolute Gasteiger partial charge is 0.225 e. The third-order valence-electron chi connectivity index (χ3n) is 4.83. The third-order valence-corrected chi connectivity index (χ3v) is 4.83. The second-order valence-electron chi connectivity index (χ2n) is 6.32. The van der Waals surface area contributed by atoms with Gasteiger partial charge in [0.2, 0.25) is 5.91 Å². The molecule has 0 bridgehead atoms. The minimum atomic E-state index is 0.184. The predicted octanol–water partition coefficient (Wildman–Crippen LogP) is 1.30. The summed E-state index contributed by atoms with van der Waals surface area (Å²) in [4.78, 5) is 17.0. The number of rotatable bonds is 3. The van der Waals surface area contributed by atoms with Crippen LogP contribution < -0.4 is 5.73 Å². The van der Waals surface area contributed by atoms with Gasteiger partial charge in [-0.3, -0.25) is 9.69 Å². The highest BCUT2D eigenvalue weighted by molar-refractivity contribution is 5.79. The second-order valence-corrected chi connectivity index (χ2v) is 6.32. The largest absolute Gasteiger partial charge is 0.340 e. The van der Waals surface area contributed by atoms with E-state index < -0.39 is 0 Å². The minimum Gasteiger partial charge on any atom is -0.340 e. The van der Waals surface area contributed by atoms with E-state index >= 15 is 0 Å². The molecule has 1 aliphatic heterocycles.